The summed E-state index contributed by atoms with van der Waals surface area (Å²) in [5.41, 5.74) is 2.40. The molecule has 0 unspecified atom stereocenters. The van der Waals surface area contributed by atoms with E-state index in [2.05, 4.69) is 12.2 Å². The van der Waals surface area contributed by atoms with Crippen molar-refractivity contribution in [2.24, 2.45) is 11.3 Å². The average Bonchev–Trinajstić information content (AvgIpc) is 2.15. The largest absolute Gasteiger partial charge is 0.460 e. The Hall–Kier alpha value is -1.19. The Morgan fingerprint density at radius 1 is 1.56 bits per heavy atom. The molecule has 0 atom stereocenters. The van der Waals surface area contributed by atoms with Gasteiger partial charge in [0.05, 0.1) is 0 Å². The number of alkyl halides is 2. The summed E-state index contributed by atoms with van der Waals surface area (Å²) in [5.74, 6) is -4.27. The SMILES string of the molecule is CC(F)(F)C(=O)OCC12CC3C1=CCC=C32. The number of carbonyl (C=O) groups excluding carboxylic acids is 1. The molecule has 86 valence electrons. The highest BCUT2D eigenvalue weighted by Gasteiger charge is 2.66. The molecule has 4 aliphatic carbocycles. The van der Waals surface area contributed by atoms with Crippen molar-refractivity contribution >= 4 is 5.97 Å². The minimum Gasteiger partial charge on any atom is -0.460 e. The van der Waals surface area contributed by atoms with Crippen LogP contribution < -0.4 is 0 Å². The van der Waals surface area contributed by atoms with Gasteiger partial charge in [0.25, 0.3) is 0 Å². The molecule has 0 aromatic heterocycles. The van der Waals surface area contributed by atoms with Crippen LogP contribution in [0, 0.1) is 11.3 Å². The zero-order valence-corrected chi connectivity index (χ0v) is 8.93. The lowest BCUT2D eigenvalue weighted by Gasteiger charge is -2.67. The van der Waals surface area contributed by atoms with E-state index in [-0.39, 0.29) is 12.0 Å². The molecule has 3 saturated carbocycles. The van der Waals surface area contributed by atoms with Crippen LogP contribution in [0.4, 0.5) is 8.78 Å². The maximum Gasteiger partial charge on any atom is 0.376 e. The normalized spacial score (nSPS) is 34.3. The predicted octanol–water partition coefficient (Wildman–Crippen LogP) is 2.46. The Morgan fingerprint density at radius 3 is 2.62 bits per heavy atom. The number of hydrogen-bond acceptors (Lipinski definition) is 2. The molecule has 0 heterocycles. The molecule has 4 bridgehead atoms. The number of rotatable bonds is 3. The van der Waals surface area contributed by atoms with Crippen LogP contribution in [-0.4, -0.2) is 18.5 Å². The topological polar surface area (TPSA) is 26.3 Å². The molecule has 16 heavy (non-hydrogen) atoms. The van der Waals surface area contributed by atoms with Crippen molar-refractivity contribution < 1.29 is 18.3 Å². The van der Waals surface area contributed by atoms with E-state index >= 15 is 0 Å². The molecule has 4 rings (SSSR count). The summed E-state index contributed by atoms with van der Waals surface area (Å²) in [6.45, 7) is 0.653. The third kappa shape index (κ3) is 1.02. The van der Waals surface area contributed by atoms with Gasteiger partial charge in [-0.3, -0.25) is 0 Å². The predicted molar refractivity (Wildman–Crippen MR) is 52.9 cm³/mol. The van der Waals surface area contributed by atoms with Gasteiger partial charge in [0.1, 0.15) is 6.61 Å². The van der Waals surface area contributed by atoms with Crippen LogP contribution in [0.3, 0.4) is 0 Å². The number of carbonyl (C=O) groups is 1. The Balaban J connectivity index is 1.66. The average molecular weight is 226 g/mol. The molecular weight excluding hydrogens is 214 g/mol. The number of allylic oxidation sites excluding steroid dienone is 2. The van der Waals surface area contributed by atoms with Crippen molar-refractivity contribution in [2.45, 2.75) is 25.7 Å². The molecule has 0 saturated heterocycles. The smallest absolute Gasteiger partial charge is 0.376 e. The van der Waals surface area contributed by atoms with Crippen molar-refractivity contribution in [1.82, 2.24) is 0 Å². The van der Waals surface area contributed by atoms with Gasteiger partial charge in [-0.05, 0) is 12.8 Å². The van der Waals surface area contributed by atoms with Gasteiger partial charge in [-0.25, -0.2) is 4.79 Å². The van der Waals surface area contributed by atoms with Gasteiger partial charge >= 0.3 is 11.9 Å². The van der Waals surface area contributed by atoms with Gasteiger partial charge in [0.2, 0.25) is 0 Å². The van der Waals surface area contributed by atoms with E-state index in [0.29, 0.717) is 12.8 Å². The highest BCUT2D eigenvalue weighted by atomic mass is 19.3. The molecule has 0 aromatic rings. The van der Waals surface area contributed by atoms with Crippen molar-refractivity contribution in [1.29, 1.82) is 0 Å². The van der Waals surface area contributed by atoms with Crippen molar-refractivity contribution in [2.75, 3.05) is 6.61 Å². The monoisotopic (exact) mass is 226 g/mol. The van der Waals surface area contributed by atoms with Crippen molar-refractivity contribution in [3.8, 4) is 0 Å². The first-order chi connectivity index (χ1) is 7.45. The molecule has 3 fully saturated rings. The van der Waals surface area contributed by atoms with Crippen LogP contribution in [0.1, 0.15) is 19.8 Å². The van der Waals surface area contributed by atoms with E-state index < -0.39 is 11.9 Å². The molecule has 0 N–H and O–H groups in total. The molecule has 0 aromatic carbocycles. The number of esters is 1. The lowest BCUT2D eigenvalue weighted by molar-refractivity contribution is -0.175. The maximum atomic E-state index is 12.6. The number of halogens is 2. The van der Waals surface area contributed by atoms with E-state index in [1.54, 1.807) is 0 Å². The third-order valence-corrected chi connectivity index (χ3v) is 3.89. The van der Waals surface area contributed by atoms with Crippen LogP contribution in [0.2, 0.25) is 0 Å². The molecule has 4 heteroatoms. The molecule has 0 radical (unpaired) electrons. The van der Waals surface area contributed by atoms with Gasteiger partial charge in [-0.2, -0.15) is 8.78 Å². The second kappa shape index (κ2) is 2.73. The lowest BCUT2D eigenvalue weighted by atomic mass is 9.36. The summed E-state index contributed by atoms with van der Waals surface area (Å²) in [7, 11) is 0. The fourth-order valence-corrected chi connectivity index (χ4v) is 2.99. The maximum absolute atomic E-state index is 12.6. The summed E-state index contributed by atoms with van der Waals surface area (Å²) >= 11 is 0. The second-order valence-corrected chi connectivity index (χ2v) is 4.86. The highest BCUT2D eigenvalue weighted by molar-refractivity contribution is 5.77. The zero-order valence-electron chi connectivity index (χ0n) is 8.93. The number of hydrogen-bond donors (Lipinski definition) is 0. The fourth-order valence-electron chi connectivity index (χ4n) is 2.99. The van der Waals surface area contributed by atoms with Gasteiger partial charge in [-0.1, -0.05) is 23.3 Å². The van der Waals surface area contributed by atoms with E-state index in [0.717, 1.165) is 12.8 Å². The first kappa shape index (κ1) is 10.00. The molecule has 4 aliphatic rings. The Kier molecular flexibility index (Phi) is 1.71. The third-order valence-electron chi connectivity index (χ3n) is 3.89. The summed E-state index contributed by atoms with van der Waals surface area (Å²) in [4.78, 5) is 11.0. The minimum atomic E-state index is -3.39. The quantitative estimate of drug-likeness (QED) is 0.545. The van der Waals surface area contributed by atoms with E-state index in [9.17, 15) is 13.6 Å². The number of ether oxygens (including phenoxy) is 1. The lowest BCUT2D eigenvalue weighted by Crippen LogP contribution is -2.61. The van der Waals surface area contributed by atoms with E-state index in [1.807, 2.05) is 0 Å². The molecule has 0 amide bonds. The van der Waals surface area contributed by atoms with Crippen LogP contribution in [-0.2, 0) is 9.53 Å². The Morgan fingerprint density at radius 2 is 2.19 bits per heavy atom. The first-order valence-corrected chi connectivity index (χ1v) is 5.41. The van der Waals surface area contributed by atoms with Gasteiger partial charge in [-0.15, -0.1) is 0 Å². The van der Waals surface area contributed by atoms with Crippen LogP contribution in [0.15, 0.2) is 23.3 Å². The van der Waals surface area contributed by atoms with Crippen LogP contribution in [0.25, 0.3) is 0 Å². The zero-order chi connectivity index (χ0) is 11.6. The highest BCUT2D eigenvalue weighted by Crippen LogP contribution is 2.73. The van der Waals surface area contributed by atoms with Crippen LogP contribution in [0.5, 0.6) is 0 Å². The van der Waals surface area contributed by atoms with Crippen molar-refractivity contribution in [3.05, 3.63) is 23.3 Å². The summed E-state index contributed by atoms with van der Waals surface area (Å²) in [6, 6.07) is 0. The van der Waals surface area contributed by atoms with Crippen molar-refractivity contribution in [3.63, 3.8) is 0 Å². The summed E-state index contributed by atoms with van der Waals surface area (Å²) < 4.78 is 29.9. The van der Waals surface area contributed by atoms with Gasteiger partial charge in [0.15, 0.2) is 0 Å². The van der Waals surface area contributed by atoms with E-state index in [1.165, 1.54) is 11.1 Å². The standard InChI is InChI=1S/C12H12F2O2/c1-11(13,14)10(15)16-6-12-5-7-8(12)3-2-4-9(7)12/h3-4,7H,2,5-6H2,1H3. The molecule has 0 aliphatic heterocycles. The Labute approximate surface area is 92.0 Å². The Bertz CT molecular complexity index is 409. The van der Waals surface area contributed by atoms with Gasteiger partial charge in [0, 0.05) is 18.3 Å². The van der Waals surface area contributed by atoms with Gasteiger partial charge < -0.3 is 4.74 Å². The first-order valence-electron chi connectivity index (χ1n) is 5.41. The van der Waals surface area contributed by atoms with E-state index in [4.69, 9.17) is 4.74 Å². The van der Waals surface area contributed by atoms with Crippen LogP contribution >= 0.6 is 0 Å². The second-order valence-electron chi connectivity index (χ2n) is 4.86. The minimum absolute atomic E-state index is 0.0867. The fraction of sp³-hybridized carbons (Fsp3) is 0.583. The molecule has 2 nitrogen and oxygen atoms in total. The summed E-state index contributed by atoms with van der Waals surface area (Å²) in [6.07, 6.45) is 6.13. The summed E-state index contributed by atoms with van der Waals surface area (Å²) in [5, 5.41) is 0. The molecular formula is C12H12F2O2. The molecule has 0 spiro atoms.